The summed E-state index contributed by atoms with van der Waals surface area (Å²) in [5.41, 5.74) is 7.40. The van der Waals surface area contributed by atoms with E-state index in [-0.39, 0.29) is 0 Å². The van der Waals surface area contributed by atoms with Crippen molar-refractivity contribution >= 4 is 0 Å². The average Bonchev–Trinajstić information content (AvgIpc) is 3.07. The third-order valence-corrected chi connectivity index (χ3v) is 9.50. The zero-order valence-corrected chi connectivity index (χ0v) is 23.0. The van der Waals surface area contributed by atoms with Crippen LogP contribution in [-0.2, 0) is 0 Å². The summed E-state index contributed by atoms with van der Waals surface area (Å²) in [5.74, 6) is 5.76. The van der Waals surface area contributed by atoms with E-state index in [0.717, 1.165) is 42.1 Å². The fourth-order valence-corrected chi connectivity index (χ4v) is 7.74. The van der Waals surface area contributed by atoms with Gasteiger partial charge < -0.3 is 5.73 Å². The van der Waals surface area contributed by atoms with Crippen molar-refractivity contribution in [3.05, 3.63) is 12.2 Å². The molecule has 0 aliphatic heterocycles. The molecule has 0 radical (unpaired) electrons. The van der Waals surface area contributed by atoms with E-state index in [9.17, 15) is 0 Å². The highest BCUT2D eigenvalue weighted by Crippen LogP contribution is 2.65. The van der Waals surface area contributed by atoms with Crippen LogP contribution in [0.25, 0.3) is 0 Å². The van der Waals surface area contributed by atoms with E-state index in [1.165, 1.54) is 69.8 Å². The van der Waals surface area contributed by atoms with Gasteiger partial charge in [0.1, 0.15) is 0 Å². The van der Waals surface area contributed by atoms with Crippen molar-refractivity contribution in [3.8, 4) is 0 Å². The van der Waals surface area contributed by atoms with E-state index in [2.05, 4.69) is 48.1 Å². The van der Waals surface area contributed by atoms with Gasteiger partial charge in [-0.1, -0.05) is 73.8 Å². The monoisotopic (exact) mass is 433 g/mol. The van der Waals surface area contributed by atoms with E-state index < -0.39 is 0 Å². The summed E-state index contributed by atoms with van der Waals surface area (Å²) >= 11 is 0. The van der Waals surface area contributed by atoms with Crippen molar-refractivity contribution in [1.82, 2.24) is 0 Å². The lowest BCUT2D eigenvalue weighted by Gasteiger charge is -2.55. The molecule has 0 aromatic heterocycles. The Labute approximate surface area is 197 Å². The summed E-state index contributed by atoms with van der Waals surface area (Å²) in [5, 5.41) is 0. The van der Waals surface area contributed by atoms with Gasteiger partial charge in [0.2, 0.25) is 0 Å². The van der Waals surface area contributed by atoms with Gasteiger partial charge in [0.25, 0.3) is 0 Å². The minimum absolute atomic E-state index is 0.560. The second-order valence-electron chi connectivity index (χ2n) is 12.2. The zero-order chi connectivity index (χ0) is 23.8. The first-order valence-corrected chi connectivity index (χ1v) is 13.9. The first-order valence-electron chi connectivity index (χ1n) is 13.9. The molecule has 0 spiro atoms. The Morgan fingerprint density at radius 3 is 2.16 bits per heavy atom. The maximum Gasteiger partial charge on any atom is -0.0106 e. The molecule has 0 saturated heterocycles. The molecule has 1 heteroatoms. The molecule has 3 fully saturated rings. The molecule has 0 heterocycles. The lowest BCUT2D eigenvalue weighted by atomic mass is 9.50. The van der Waals surface area contributed by atoms with Crippen molar-refractivity contribution in [2.75, 3.05) is 6.54 Å². The summed E-state index contributed by atoms with van der Waals surface area (Å²) in [4.78, 5) is 0. The average molecular weight is 434 g/mol. The predicted octanol–water partition coefficient (Wildman–Crippen LogP) is 9.27. The van der Waals surface area contributed by atoms with E-state index in [0.29, 0.717) is 10.8 Å². The summed E-state index contributed by atoms with van der Waals surface area (Å²) < 4.78 is 0. The van der Waals surface area contributed by atoms with Crippen molar-refractivity contribution in [2.24, 2.45) is 52.1 Å². The fourth-order valence-electron chi connectivity index (χ4n) is 7.74. The number of rotatable bonds is 4. The Morgan fingerprint density at radius 2 is 1.58 bits per heavy atom. The van der Waals surface area contributed by atoms with Crippen LogP contribution in [0, 0.1) is 46.3 Å². The molecule has 3 aliphatic carbocycles. The van der Waals surface area contributed by atoms with Crippen molar-refractivity contribution < 1.29 is 0 Å². The molecule has 184 valence electrons. The first kappa shape index (κ1) is 28.7. The van der Waals surface area contributed by atoms with Gasteiger partial charge in [-0.25, -0.2) is 0 Å². The SMILES string of the molecule is C=C(C)CCC(C)C1CCC2C3CCC(C)CCC(C)(C)C3CCC12C.CC.CCN. The van der Waals surface area contributed by atoms with Crippen LogP contribution in [0.1, 0.15) is 127 Å². The highest BCUT2D eigenvalue weighted by molar-refractivity contribution is 5.06. The molecule has 3 rings (SSSR count). The molecule has 7 unspecified atom stereocenters. The summed E-state index contributed by atoms with van der Waals surface area (Å²) in [6.45, 7) is 26.0. The summed E-state index contributed by atoms with van der Waals surface area (Å²) in [6, 6.07) is 0. The van der Waals surface area contributed by atoms with E-state index in [1.807, 2.05) is 20.8 Å². The van der Waals surface area contributed by atoms with Crippen LogP contribution in [-0.4, -0.2) is 6.54 Å². The second-order valence-corrected chi connectivity index (χ2v) is 12.2. The van der Waals surface area contributed by atoms with Gasteiger partial charge in [-0.2, -0.15) is 0 Å². The van der Waals surface area contributed by atoms with Crippen LogP contribution in [0.4, 0.5) is 0 Å². The van der Waals surface area contributed by atoms with E-state index in [1.54, 1.807) is 0 Å². The molecular weight excluding hydrogens is 374 g/mol. The largest absolute Gasteiger partial charge is 0.331 e. The van der Waals surface area contributed by atoms with E-state index >= 15 is 0 Å². The number of hydrogen-bond acceptors (Lipinski definition) is 1. The lowest BCUT2D eigenvalue weighted by molar-refractivity contribution is -0.0579. The zero-order valence-electron chi connectivity index (χ0n) is 23.0. The molecule has 3 aliphatic rings. The lowest BCUT2D eigenvalue weighted by Crippen LogP contribution is -2.47. The standard InChI is InChI=1S/C26H46.C2H7N.C2H6/c1-18(2)8-10-20(4)22-12-13-24-21-11-9-19(3)14-16-25(5,6)23(21)15-17-26(22,24)7;1-2-3;1-2/h19-24H,1,8-17H2,2-7H3;2-3H2,1H3;1-2H3. The number of nitrogens with two attached hydrogens (primary N) is 1. The van der Waals surface area contributed by atoms with Crippen LogP contribution < -0.4 is 5.73 Å². The van der Waals surface area contributed by atoms with E-state index in [4.69, 9.17) is 5.73 Å². The van der Waals surface area contributed by atoms with Gasteiger partial charge in [-0.3, -0.25) is 0 Å². The van der Waals surface area contributed by atoms with Crippen molar-refractivity contribution in [1.29, 1.82) is 0 Å². The Bertz CT molecular complexity index is 521. The second kappa shape index (κ2) is 12.8. The Balaban J connectivity index is 0.000000884. The van der Waals surface area contributed by atoms with Crippen molar-refractivity contribution in [3.63, 3.8) is 0 Å². The normalized spacial score (nSPS) is 37.4. The minimum atomic E-state index is 0.560. The molecule has 3 saturated carbocycles. The molecule has 0 aromatic rings. The number of fused-ring (bicyclic) bond motifs is 3. The fraction of sp³-hybridized carbons (Fsp3) is 0.933. The van der Waals surface area contributed by atoms with Crippen LogP contribution in [0.2, 0.25) is 0 Å². The molecule has 31 heavy (non-hydrogen) atoms. The maximum absolute atomic E-state index is 4.85. The maximum atomic E-state index is 4.85. The van der Waals surface area contributed by atoms with Crippen LogP contribution >= 0.6 is 0 Å². The molecule has 0 amide bonds. The predicted molar refractivity (Wildman–Crippen MR) is 141 cm³/mol. The summed E-state index contributed by atoms with van der Waals surface area (Å²) in [7, 11) is 0. The third kappa shape index (κ3) is 7.09. The van der Waals surface area contributed by atoms with Gasteiger partial charge in [0.05, 0.1) is 0 Å². The summed E-state index contributed by atoms with van der Waals surface area (Å²) in [6.07, 6.45) is 14.5. The van der Waals surface area contributed by atoms with Crippen LogP contribution in [0.15, 0.2) is 12.2 Å². The quantitative estimate of drug-likeness (QED) is 0.439. The van der Waals surface area contributed by atoms with Crippen LogP contribution in [0.5, 0.6) is 0 Å². The Hall–Kier alpha value is -0.300. The third-order valence-electron chi connectivity index (χ3n) is 9.50. The Kier molecular flexibility index (Phi) is 11.9. The van der Waals surface area contributed by atoms with Gasteiger partial charge in [0, 0.05) is 0 Å². The molecule has 0 bridgehead atoms. The molecule has 1 nitrogen and oxygen atoms in total. The highest BCUT2D eigenvalue weighted by atomic mass is 14.6. The van der Waals surface area contributed by atoms with Gasteiger partial charge in [-0.15, -0.1) is 6.58 Å². The van der Waals surface area contributed by atoms with Gasteiger partial charge in [-0.05, 0) is 111 Å². The first-order chi connectivity index (χ1) is 14.6. The van der Waals surface area contributed by atoms with Gasteiger partial charge in [0.15, 0.2) is 0 Å². The molecular formula is C30H59N. The van der Waals surface area contributed by atoms with Crippen LogP contribution in [0.3, 0.4) is 0 Å². The minimum Gasteiger partial charge on any atom is -0.331 e. The number of hydrogen-bond donors (Lipinski definition) is 1. The van der Waals surface area contributed by atoms with Crippen molar-refractivity contribution in [2.45, 2.75) is 127 Å². The molecule has 0 aromatic carbocycles. The topological polar surface area (TPSA) is 26.0 Å². The molecule has 7 atom stereocenters. The smallest absolute Gasteiger partial charge is 0.0106 e. The molecule has 2 N–H and O–H groups in total. The number of allylic oxidation sites excluding steroid dienone is 1. The highest BCUT2D eigenvalue weighted by Gasteiger charge is 2.56. The Morgan fingerprint density at radius 1 is 0.968 bits per heavy atom. The van der Waals surface area contributed by atoms with Gasteiger partial charge >= 0.3 is 0 Å².